The Hall–Kier alpha value is -3.43. The van der Waals surface area contributed by atoms with E-state index in [0.717, 1.165) is 12.1 Å². The number of hydrogen-bond donors (Lipinski definition) is 2. The molecule has 0 radical (unpaired) electrons. The first-order valence-corrected chi connectivity index (χ1v) is 8.47. The van der Waals surface area contributed by atoms with Crippen LogP contribution in [-0.2, 0) is 11.2 Å². The minimum absolute atomic E-state index is 0.120. The Morgan fingerprint density at radius 3 is 2.28 bits per heavy atom. The summed E-state index contributed by atoms with van der Waals surface area (Å²) < 4.78 is 55.1. The summed E-state index contributed by atoms with van der Waals surface area (Å²) in [6, 6.07) is 11.6. The largest absolute Gasteiger partial charge is 0.440 e. The molecular formula is C19H15F4N3O3. The summed E-state index contributed by atoms with van der Waals surface area (Å²) >= 11 is 0. The predicted molar refractivity (Wildman–Crippen MR) is 93.0 cm³/mol. The summed E-state index contributed by atoms with van der Waals surface area (Å²) in [6.07, 6.45) is -5.24. The van der Waals surface area contributed by atoms with E-state index in [1.54, 1.807) is 30.3 Å². The highest BCUT2D eigenvalue weighted by molar-refractivity contribution is 6.10. The van der Waals surface area contributed by atoms with Crippen molar-refractivity contribution in [1.29, 1.82) is 0 Å². The van der Waals surface area contributed by atoms with E-state index in [1.165, 1.54) is 22.8 Å². The summed E-state index contributed by atoms with van der Waals surface area (Å²) in [6.45, 7) is -0.331. The first kappa shape index (κ1) is 20.3. The van der Waals surface area contributed by atoms with Gasteiger partial charge in [-0.1, -0.05) is 42.5 Å². The molecule has 1 saturated heterocycles. The van der Waals surface area contributed by atoms with E-state index in [1.807, 2.05) is 0 Å². The lowest BCUT2D eigenvalue weighted by Crippen LogP contribution is -2.69. The number of carbonyl (C=O) groups is 3. The highest BCUT2D eigenvalue weighted by atomic mass is 19.4. The van der Waals surface area contributed by atoms with Crippen LogP contribution in [0.3, 0.4) is 0 Å². The maximum Gasteiger partial charge on any atom is 0.440 e. The summed E-state index contributed by atoms with van der Waals surface area (Å²) in [5.41, 5.74) is -3.67. The van der Waals surface area contributed by atoms with Crippen LogP contribution >= 0.6 is 0 Å². The molecule has 1 heterocycles. The van der Waals surface area contributed by atoms with Crippen molar-refractivity contribution >= 4 is 17.8 Å². The number of hydrogen-bond acceptors (Lipinski definition) is 3. The fraction of sp³-hybridized carbons (Fsp3) is 0.211. The molecule has 10 heteroatoms. The third-order valence-corrected chi connectivity index (χ3v) is 4.42. The second-order valence-electron chi connectivity index (χ2n) is 6.30. The molecule has 4 amide bonds. The van der Waals surface area contributed by atoms with Crippen molar-refractivity contribution in [2.75, 3.05) is 6.54 Å². The molecule has 29 heavy (non-hydrogen) atoms. The molecule has 2 aromatic rings. The van der Waals surface area contributed by atoms with Crippen LogP contribution in [0.2, 0.25) is 0 Å². The Kier molecular flexibility index (Phi) is 5.27. The minimum atomic E-state index is -5.36. The molecule has 2 aromatic carbocycles. The lowest BCUT2D eigenvalue weighted by atomic mass is 10.1. The first-order valence-electron chi connectivity index (χ1n) is 8.47. The third-order valence-electron chi connectivity index (χ3n) is 4.42. The van der Waals surface area contributed by atoms with E-state index in [-0.39, 0.29) is 13.0 Å². The number of carbonyl (C=O) groups excluding carboxylic acids is 3. The number of urea groups is 1. The molecule has 1 aliphatic rings. The van der Waals surface area contributed by atoms with Gasteiger partial charge in [-0.3, -0.25) is 19.8 Å². The number of benzene rings is 2. The Labute approximate surface area is 162 Å². The molecule has 0 spiro atoms. The number of imide groups is 1. The highest BCUT2D eigenvalue weighted by Gasteiger charge is 2.68. The number of nitrogens with one attached hydrogen (secondary N) is 2. The van der Waals surface area contributed by atoms with Crippen molar-refractivity contribution in [3.05, 3.63) is 71.5 Å². The van der Waals surface area contributed by atoms with Crippen molar-refractivity contribution < 1.29 is 31.9 Å². The molecule has 0 bridgehead atoms. The highest BCUT2D eigenvalue weighted by Crippen LogP contribution is 2.34. The fourth-order valence-electron chi connectivity index (χ4n) is 2.90. The van der Waals surface area contributed by atoms with Crippen LogP contribution < -0.4 is 10.6 Å². The second kappa shape index (κ2) is 7.53. The van der Waals surface area contributed by atoms with Crippen LogP contribution in [0.25, 0.3) is 0 Å². The SMILES string of the molecule is O=C(N[C@@]1(C(F)(F)F)NC(=O)N(CCc2ccccc2)C1=O)c1ccccc1F. The molecule has 0 aliphatic carbocycles. The zero-order valence-electron chi connectivity index (χ0n) is 14.8. The molecular weight excluding hydrogens is 394 g/mol. The van der Waals surface area contributed by atoms with Crippen molar-refractivity contribution in [1.82, 2.24) is 15.5 Å². The van der Waals surface area contributed by atoms with E-state index in [0.29, 0.717) is 10.5 Å². The van der Waals surface area contributed by atoms with E-state index < -0.39 is 41.1 Å². The van der Waals surface area contributed by atoms with Crippen LogP contribution in [-0.4, -0.2) is 41.1 Å². The fourth-order valence-corrected chi connectivity index (χ4v) is 2.90. The predicted octanol–water partition coefficient (Wildman–Crippen LogP) is 2.61. The Morgan fingerprint density at radius 2 is 1.66 bits per heavy atom. The lowest BCUT2D eigenvalue weighted by molar-refractivity contribution is -0.200. The van der Waals surface area contributed by atoms with Crippen molar-refractivity contribution in [3.8, 4) is 0 Å². The minimum Gasteiger partial charge on any atom is -0.314 e. The molecule has 0 unspecified atom stereocenters. The summed E-state index contributed by atoms with van der Waals surface area (Å²) in [4.78, 5) is 37.3. The summed E-state index contributed by atoms with van der Waals surface area (Å²) in [5, 5.41) is 2.99. The van der Waals surface area contributed by atoms with Gasteiger partial charge in [0.05, 0.1) is 5.56 Å². The number of rotatable bonds is 5. The first-order chi connectivity index (χ1) is 13.7. The molecule has 1 aliphatic heterocycles. The van der Waals surface area contributed by atoms with Gasteiger partial charge in [0.2, 0.25) is 0 Å². The number of nitrogens with zero attached hydrogens (tertiary/aromatic N) is 1. The maximum atomic E-state index is 13.8. The van der Waals surface area contributed by atoms with Crippen LogP contribution in [0.15, 0.2) is 54.6 Å². The lowest BCUT2D eigenvalue weighted by Gasteiger charge is -2.29. The average Bonchev–Trinajstić information content (AvgIpc) is 2.91. The maximum absolute atomic E-state index is 13.8. The van der Waals surface area contributed by atoms with Crippen LogP contribution in [0.1, 0.15) is 15.9 Å². The zero-order valence-corrected chi connectivity index (χ0v) is 14.8. The normalized spacial score (nSPS) is 19.2. The number of halogens is 4. The Bertz CT molecular complexity index is 949. The van der Waals surface area contributed by atoms with Crippen molar-refractivity contribution in [3.63, 3.8) is 0 Å². The number of amides is 4. The van der Waals surface area contributed by atoms with Gasteiger partial charge in [-0.05, 0) is 24.1 Å². The van der Waals surface area contributed by atoms with Crippen LogP contribution in [0.4, 0.5) is 22.4 Å². The zero-order chi connectivity index (χ0) is 21.2. The molecule has 6 nitrogen and oxygen atoms in total. The Morgan fingerprint density at radius 1 is 1.03 bits per heavy atom. The van der Waals surface area contributed by atoms with Gasteiger partial charge in [0, 0.05) is 6.54 Å². The van der Waals surface area contributed by atoms with E-state index in [4.69, 9.17) is 0 Å². The van der Waals surface area contributed by atoms with Crippen molar-refractivity contribution in [2.45, 2.75) is 18.3 Å². The molecule has 152 valence electrons. The molecule has 2 N–H and O–H groups in total. The van der Waals surface area contributed by atoms with Gasteiger partial charge in [-0.15, -0.1) is 0 Å². The van der Waals surface area contributed by atoms with Gasteiger partial charge in [-0.25, -0.2) is 9.18 Å². The van der Waals surface area contributed by atoms with Crippen LogP contribution in [0, 0.1) is 5.82 Å². The molecule has 0 aromatic heterocycles. The topological polar surface area (TPSA) is 78.5 Å². The standard InChI is InChI=1S/C19H15F4N3O3/c20-14-9-5-4-8-13(14)15(27)24-18(19(21,22)23)16(28)26(17(29)25-18)11-10-12-6-2-1-3-7-12/h1-9H,10-11H2,(H,24,27)(H,25,29)/t18-/m1/s1. The van der Waals surface area contributed by atoms with Gasteiger partial charge >= 0.3 is 12.2 Å². The smallest absolute Gasteiger partial charge is 0.314 e. The molecule has 0 saturated carbocycles. The molecule has 1 atom stereocenters. The van der Waals surface area contributed by atoms with E-state index in [2.05, 4.69) is 0 Å². The van der Waals surface area contributed by atoms with Gasteiger partial charge < -0.3 is 5.32 Å². The third kappa shape index (κ3) is 3.78. The van der Waals surface area contributed by atoms with Crippen molar-refractivity contribution in [2.24, 2.45) is 0 Å². The quantitative estimate of drug-likeness (QED) is 0.589. The Balaban J connectivity index is 1.86. The van der Waals surface area contributed by atoms with Gasteiger partial charge in [0.1, 0.15) is 5.82 Å². The van der Waals surface area contributed by atoms with E-state index in [9.17, 15) is 31.9 Å². The number of alkyl halides is 3. The van der Waals surface area contributed by atoms with Crippen LogP contribution in [0.5, 0.6) is 0 Å². The average molecular weight is 409 g/mol. The second-order valence-corrected chi connectivity index (χ2v) is 6.30. The molecule has 3 rings (SSSR count). The van der Waals surface area contributed by atoms with Gasteiger partial charge in [0.25, 0.3) is 17.5 Å². The van der Waals surface area contributed by atoms with E-state index >= 15 is 0 Å². The monoisotopic (exact) mass is 409 g/mol. The molecule has 1 fully saturated rings. The summed E-state index contributed by atoms with van der Waals surface area (Å²) in [7, 11) is 0. The van der Waals surface area contributed by atoms with Gasteiger partial charge in [0.15, 0.2) is 0 Å². The van der Waals surface area contributed by atoms with Gasteiger partial charge in [-0.2, -0.15) is 13.2 Å². The summed E-state index contributed by atoms with van der Waals surface area (Å²) in [5.74, 6) is -4.24.